The number of furan rings is 1. The molecule has 2 aliphatic rings. The Morgan fingerprint density at radius 2 is 2.00 bits per heavy atom. The molecule has 1 aromatic rings. The Kier molecular flexibility index (Phi) is 4.97. The van der Waals surface area contributed by atoms with Gasteiger partial charge in [-0.1, -0.05) is 0 Å². The molecular formula is C16H23N3O4. The van der Waals surface area contributed by atoms with Crippen molar-refractivity contribution < 1.29 is 19.1 Å². The molecule has 1 aliphatic carbocycles. The number of nitrogens with zero attached hydrogens (tertiary/aromatic N) is 2. The van der Waals surface area contributed by atoms with Crippen LogP contribution in [0.3, 0.4) is 0 Å². The largest absolute Gasteiger partial charge is 0.481 e. The van der Waals surface area contributed by atoms with Gasteiger partial charge < -0.3 is 14.8 Å². The van der Waals surface area contributed by atoms with E-state index in [1.54, 1.807) is 12.5 Å². The van der Waals surface area contributed by atoms with Gasteiger partial charge in [0.05, 0.1) is 25.0 Å². The highest BCUT2D eigenvalue weighted by Crippen LogP contribution is 2.19. The number of amides is 1. The lowest BCUT2D eigenvalue weighted by molar-refractivity contribution is -0.143. The highest BCUT2D eigenvalue weighted by molar-refractivity contribution is 5.78. The number of hydrogen-bond donors (Lipinski definition) is 2. The average Bonchev–Trinajstić information content (AvgIpc) is 3.20. The van der Waals surface area contributed by atoms with Crippen LogP contribution in [-0.4, -0.2) is 65.5 Å². The number of carbonyl (C=O) groups excluding carboxylic acids is 1. The fourth-order valence-corrected chi connectivity index (χ4v) is 2.93. The monoisotopic (exact) mass is 321 g/mol. The second-order valence-corrected chi connectivity index (χ2v) is 6.48. The first-order valence-electron chi connectivity index (χ1n) is 8.08. The lowest BCUT2D eigenvalue weighted by Gasteiger charge is -2.21. The summed E-state index contributed by atoms with van der Waals surface area (Å²) in [5, 5.41) is 12.4. The Bertz CT molecular complexity index is 542. The fraction of sp³-hybridized carbons (Fsp3) is 0.625. The molecule has 1 saturated heterocycles. The summed E-state index contributed by atoms with van der Waals surface area (Å²) >= 11 is 0. The Balaban J connectivity index is 1.57. The van der Waals surface area contributed by atoms with E-state index in [4.69, 9.17) is 4.42 Å². The summed E-state index contributed by atoms with van der Waals surface area (Å²) in [6, 6.07) is 2.23. The van der Waals surface area contributed by atoms with Gasteiger partial charge in [0.15, 0.2) is 0 Å². The van der Waals surface area contributed by atoms with Gasteiger partial charge in [-0.05, 0) is 18.9 Å². The van der Waals surface area contributed by atoms with E-state index < -0.39 is 11.9 Å². The molecule has 2 heterocycles. The van der Waals surface area contributed by atoms with Gasteiger partial charge in [0.2, 0.25) is 5.91 Å². The molecule has 1 saturated carbocycles. The molecule has 2 fully saturated rings. The zero-order valence-corrected chi connectivity index (χ0v) is 13.1. The minimum Gasteiger partial charge on any atom is -0.481 e. The lowest BCUT2D eigenvalue weighted by atomic mass is 10.1. The predicted octanol–water partition coefficient (Wildman–Crippen LogP) is 0.377. The number of carboxylic acid groups (broad SMARTS) is 1. The van der Waals surface area contributed by atoms with E-state index in [1.807, 2.05) is 11.0 Å². The van der Waals surface area contributed by atoms with Crippen molar-refractivity contribution >= 4 is 11.9 Å². The molecule has 126 valence electrons. The molecule has 2 N–H and O–H groups in total. The molecule has 23 heavy (non-hydrogen) atoms. The van der Waals surface area contributed by atoms with Gasteiger partial charge in [0.1, 0.15) is 0 Å². The average molecular weight is 321 g/mol. The third-order valence-electron chi connectivity index (χ3n) is 4.33. The minimum atomic E-state index is -0.809. The van der Waals surface area contributed by atoms with Crippen LogP contribution in [0.15, 0.2) is 23.0 Å². The number of aliphatic carboxylic acids is 1. The van der Waals surface area contributed by atoms with E-state index in [0.717, 1.165) is 24.9 Å². The Labute approximate surface area is 135 Å². The first-order valence-corrected chi connectivity index (χ1v) is 8.08. The van der Waals surface area contributed by atoms with Crippen molar-refractivity contribution in [3.8, 4) is 0 Å². The molecule has 1 atom stereocenters. The van der Waals surface area contributed by atoms with Gasteiger partial charge in [-0.15, -0.1) is 0 Å². The summed E-state index contributed by atoms with van der Waals surface area (Å²) in [6.45, 7) is 3.28. The lowest BCUT2D eigenvalue weighted by Crippen LogP contribution is -2.41. The first-order chi connectivity index (χ1) is 11.1. The van der Waals surface area contributed by atoms with Gasteiger partial charge in [0.25, 0.3) is 0 Å². The van der Waals surface area contributed by atoms with Crippen LogP contribution >= 0.6 is 0 Å². The maximum Gasteiger partial charge on any atom is 0.309 e. The third kappa shape index (κ3) is 4.80. The Morgan fingerprint density at radius 1 is 1.26 bits per heavy atom. The van der Waals surface area contributed by atoms with E-state index in [9.17, 15) is 14.7 Å². The predicted molar refractivity (Wildman–Crippen MR) is 82.7 cm³/mol. The zero-order chi connectivity index (χ0) is 16.2. The number of nitrogens with one attached hydrogen (secondary N) is 1. The molecule has 0 spiro atoms. The third-order valence-corrected chi connectivity index (χ3v) is 4.33. The van der Waals surface area contributed by atoms with Crippen LogP contribution in [0.2, 0.25) is 0 Å². The van der Waals surface area contributed by atoms with Crippen molar-refractivity contribution in [3.05, 3.63) is 24.2 Å². The van der Waals surface area contributed by atoms with Crippen LogP contribution in [0.25, 0.3) is 0 Å². The van der Waals surface area contributed by atoms with Crippen molar-refractivity contribution in [1.82, 2.24) is 15.1 Å². The maximum atomic E-state index is 12.0. The molecule has 0 radical (unpaired) electrons. The van der Waals surface area contributed by atoms with Gasteiger partial charge in [-0.25, -0.2) is 0 Å². The normalized spacial score (nSPS) is 23.4. The quantitative estimate of drug-likeness (QED) is 0.788. The molecule has 1 unspecified atom stereocenters. The standard InChI is InChI=1S/C16H23N3O4/c20-15(17-14-1-2-14)10-19-5-4-18(7-12-3-6-23-11-12)8-13(9-19)16(21)22/h3,6,11,13-14H,1-2,4-5,7-10H2,(H,17,20)(H,21,22). The van der Waals surface area contributed by atoms with Crippen LogP contribution in [-0.2, 0) is 16.1 Å². The van der Waals surface area contributed by atoms with Crippen LogP contribution in [0.4, 0.5) is 0 Å². The highest BCUT2D eigenvalue weighted by atomic mass is 16.4. The molecular weight excluding hydrogens is 298 g/mol. The summed E-state index contributed by atoms with van der Waals surface area (Å²) < 4.78 is 5.07. The Morgan fingerprint density at radius 3 is 2.65 bits per heavy atom. The van der Waals surface area contributed by atoms with Crippen molar-refractivity contribution in [2.24, 2.45) is 5.92 Å². The van der Waals surface area contributed by atoms with E-state index in [-0.39, 0.29) is 12.5 Å². The molecule has 1 amide bonds. The van der Waals surface area contributed by atoms with E-state index in [0.29, 0.717) is 32.2 Å². The van der Waals surface area contributed by atoms with Gasteiger partial charge >= 0.3 is 5.97 Å². The molecule has 3 rings (SSSR count). The molecule has 0 aromatic carbocycles. The molecule has 1 aromatic heterocycles. The minimum absolute atomic E-state index is 0.0000710. The van der Waals surface area contributed by atoms with Gasteiger partial charge in [0, 0.05) is 44.3 Å². The number of hydrogen-bond acceptors (Lipinski definition) is 5. The second-order valence-electron chi connectivity index (χ2n) is 6.48. The van der Waals surface area contributed by atoms with Crippen LogP contribution in [0, 0.1) is 5.92 Å². The van der Waals surface area contributed by atoms with Crippen LogP contribution < -0.4 is 5.32 Å². The summed E-state index contributed by atoms with van der Waals surface area (Å²) in [5.41, 5.74) is 1.04. The summed E-state index contributed by atoms with van der Waals surface area (Å²) in [5.74, 6) is -1.30. The van der Waals surface area contributed by atoms with Crippen LogP contribution in [0.5, 0.6) is 0 Å². The van der Waals surface area contributed by atoms with Crippen molar-refractivity contribution in [2.75, 3.05) is 32.7 Å². The fourth-order valence-electron chi connectivity index (χ4n) is 2.93. The second kappa shape index (κ2) is 7.14. The summed E-state index contributed by atoms with van der Waals surface area (Å²) in [6.07, 6.45) is 5.42. The molecule has 1 aliphatic heterocycles. The van der Waals surface area contributed by atoms with Gasteiger partial charge in [-0.3, -0.25) is 19.4 Å². The number of carbonyl (C=O) groups is 2. The van der Waals surface area contributed by atoms with E-state index >= 15 is 0 Å². The summed E-state index contributed by atoms with van der Waals surface area (Å²) in [7, 11) is 0. The zero-order valence-electron chi connectivity index (χ0n) is 13.1. The van der Waals surface area contributed by atoms with Crippen LogP contribution in [0.1, 0.15) is 18.4 Å². The number of rotatable bonds is 6. The SMILES string of the molecule is O=C(CN1CCN(Cc2ccoc2)CC(C(=O)O)C1)NC1CC1. The molecule has 7 heteroatoms. The maximum absolute atomic E-state index is 12.0. The van der Waals surface area contributed by atoms with Crippen molar-refractivity contribution in [2.45, 2.75) is 25.4 Å². The van der Waals surface area contributed by atoms with E-state index in [1.165, 1.54) is 0 Å². The van der Waals surface area contributed by atoms with Crippen molar-refractivity contribution in [3.63, 3.8) is 0 Å². The molecule has 7 nitrogen and oxygen atoms in total. The van der Waals surface area contributed by atoms with Gasteiger partial charge in [-0.2, -0.15) is 0 Å². The topological polar surface area (TPSA) is 86.0 Å². The molecule has 0 bridgehead atoms. The highest BCUT2D eigenvalue weighted by Gasteiger charge is 2.30. The Hall–Kier alpha value is -1.86. The first kappa shape index (κ1) is 16.0. The number of carboxylic acids is 1. The van der Waals surface area contributed by atoms with E-state index in [2.05, 4.69) is 10.2 Å². The summed E-state index contributed by atoms with van der Waals surface area (Å²) in [4.78, 5) is 27.5. The smallest absolute Gasteiger partial charge is 0.309 e. The van der Waals surface area contributed by atoms with Crippen molar-refractivity contribution in [1.29, 1.82) is 0 Å².